The lowest BCUT2D eigenvalue weighted by atomic mass is 10.0. The molecule has 0 spiro atoms. The van der Waals surface area contributed by atoms with Crippen LogP contribution >= 0.6 is 0 Å². The van der Waals surface area contributed by atoms with Crippen molar-refractivity contribution in [2.24, 2.45) is 0 Å². The first-order chi connectivity index (χ1) is 11.0. The van der Waals surface area contributed by atoms with Gasteiger partial charge in [-0.3, -0.25) is 4.79 Å². The number of fused-ring (bicyclic) bond motifs is 1. The number of aryl methyl sites for hydroxylation is 1. The molecule has 6 heteroatoms. The van der Waals surface area contributed by atoms with Crippen molar-refractivity contribution < 1.29 is 23.8 Å². The highest BCUT2D eigenvalue weighted by atomic mass is 16.5. The van der Waals surface area contributed by atoms with Gasteiger partial charge in [-0.25, -0.2) is 9.78 Å². The molecule has 0 saturated heterocycles. The molecule has 116 valence electrons. The summed E-state index contributed by atoms with van der Waals surface area (Å²) in [6, 6.07) is 7.81. The molecule has 23 heavy (non-hydrogen) atoms. The molecule has 3 aromatic rings. The molecule has 0 atom stereocenters. The molecule has 0 fully saturated rings. The van der Waals surface area contributed by atoms with Gasteiger partial charge in [-0.1, -0.05) is 11.6 Å². The summed E-state index contributed by atoms with van der Waals surface area (Å²) in [6.45, 7) is 1.83. The van der Waals surface area contributed by atoms with Crippen molar-refractivity contribution in [3.63, 3.8) is 0 Å². The lowest BCUT2D eigenvalue weighted by Crippen LogP contribution is -2.02. The number of carbonyl (C=O) groups is 2. The van der Waals surface area contributed by atoms with Crippen LogP contribution in [-0.2, 0) is 4.74 Å². The van der Waals surface area contributed by atoms with Crippen molar-refractivity contribution in [2.45, 2.75) is 6.92 Å². The van der Waals surface area contributed by atoms with Gasteiger partial charge in [0.15, 0.2) is 5.78 Å². The van der Waals surface area contributed by atoms with Crippen molar-refractivity contribution in [2.75, 3.05) is 7.11 Å². The van der Waals surface area contributed by atoms with E-state index in [1.54, 1.807) is 18.2 Å². The van der Waals surface area contributed by atoms with Crippen molar-refractivity contribution in [3.05, 3.63) is 59.0 Å². The Labute approximate surface area is 131 Å². The van der Waals surface area contributed by atoms with Gasteiger partial charge in [-0.15, -0.1) is 0 Å². The van der Waals surface area contributed by atoms with Gasteiger partial charge >= 0.3 is 5.97 Å². The Kier molecular flexibility index (Phi) is 3.57. The van der Waals surface area contributed by atoms with Crippen LogP contribution in [0.3, 0.4) is 0 Å². The highest BCUT2D eigenvalue weighted by Gasteiger charge is 2.18. The molecule has 0 aliphatic rings. The molecule has 0 radical (unpaired) electrons. The number of phenolic OH excluding ortho intramolecular Hbond substituents is 1. The summed E-state index contributed by atoms with van der Waals surface area (Å²) >= 11 is 0. The molecule has 1 N–H and O–H groups in total. The molecule has 2 heterocycles. The second-order valence-electron chi connectivity index (χ2n) is 5.07. The zero-order chi connectivity index (χ0) is 16.6. The molecule has 0 saturated carbocycles. The van der Waals surface area contributed by atoms with Crippen LogP contribution in [0.5, 0.6) is 5.75 Å². The van der Waals surface area contributed by atoms with Gasteiger partial charge in [-0.2, -0.15) is 0 Å². The summed E-state index contributed by atoms with van der Waals surface area (Å²) in [5.74, 6) is -1.06. The van der Waals surface area contributed by atoms with Gasteiger partial charge in [0, 0.05) is 23.2 Å². The number of nitrogens with zero attached hydrogens (tertiary/aromatic N) is 1. The maximum atomic E-state index is 12.5. The highest BCUT2D eigenvalue weighted by molar-refractivity contribution is 6.11. The molecule has 0 unspecified atom stereocenters. The lowest BCUT2D eigenvalue weighted by molar-refractivity contribution is 0.0567. The average molecular weight is 311 g/mol. The number of carbonyl (C=O) groups excluding carboxylic acids is 2. The number of hydrogen-bond donors (Lipinski definition) is 1. The lowest BCUT2D eigenvalue weighted by Gasteiger charge is -2.05. The van der Waals surface area contributed by atoms with E-state index in [1.807, 2.05) is 6.92 Å². The first kappa shape index (κ1) is 14.8. The number of esters is 1. The van der Waals surface area contributed by atoms with Gasteiger partial charge in [0.1, 0.15) is 5.75 Å². The van der Waals surface area contributed by atoms with E-state index in [-0.39, 0.29) is 34.1 Å². The molecule has 0 aliphatic heterocycles. The molecule has 0 amide bonds. The van der Waals surface area contributed by atoms with E-state index in [0.717, 1.165) is 5.56 Å². The number of aromatic hydroxyl groups is 1. The summed E-state index contributed by atoms with van der Waals surface area (Å²) in [4.78, 5) is 28.0. The quantitative estimate of drug-likeness (QED) is 0.591. The van der Waals surface area contributed by atoms with E-state index < -0.39 is 5.97 Å². The topological polar surface area (TPSA) is 89.6 Å². The van der Waals surface area contributed by atoms with Crippen LogP contribution in [0.15, 0.2) is 40.9 Å². The highest BCUT2D eigenvalue weighted by Crippen LogP contribution is 2.24. The van der Waals surface area contributed by atoms with E-state index in [9.17, 15) is 14.7 Å². The van der Waals surface area contributed by atoms with Gasteiger partial charge in [-0.05, 0) is 25.1 Å². The average Bonchev–Trinajstić information content (AvgIpc) is 2.98. The van der Waals surface area contributed by atoms with E-state index in [4.69, 9.17) is 4.42 Å². The SMILES string of the molecule is COC(=O)c1cc2cc(C(=O)c3cc(C)ccc3O)cnc2o1. The fraction of sp³-hybridized carbons (Fsp3) is 0.118. The summed E-state index contributed by atoms with van der Waals surface area (Å²) in [5, 5.41) is 10.4. The number of phenols is 1. The number of benzene rings is 1. The van der Waals surface area contributed by atoms with Gasteiger partial charge < -0.3 is 14.3 Å². The zero-order valence-electron chi connectivity index (χ0n) is 12.5. The van der Waals surface area contributed by atoms with E-state index >= 15 is 0 Å². The first-order valence-electron chi connectivity index (χ1n) is 6.82. The maximum Gasteiger partial charge on any atom is 0.374 e. The molecule has 6 nitrogen and oxygen atoms in total. The van der Waals surface area contributed by atoms with Crippen LogP contribution in [0.2, 0.25) is 0 Å². The predicted molar refractivity (Wildman–Crippen MR) is 81.6 cm³/mol. The number of aromatic nitrogens is 1. The van der Waals surface area contributed by atoms with Crippen molar-refractivity contribution >= 4 is 22.9 Å². The fourth-order valence-corrected chi connectivity index (χ4v) is 2.25. The fourth-order valence-electron chi connectivity index (χ4n) is 2.25. The van der Waals surface area contributed by atoms with Crippen LogP contribution in [0.25, 0.3) is 11.1 Å². The number of methoxy groups -OCH3 is 1. The van der Waals surface area contributed by atoms with Crippen molar-refractivity contribution in [3.8, 4) is 5.75 Å². The van der Waals surface area contributed by atoms with Crippen LogP contribution in [0.1, 0.15) is 32.0 Å². The van der Waals surface area contributed by atoms with Crippen LogP contribution in [0, 0.1) is 6.92 Å². The number of ketones is 1. The molecule has 2 aromatic heterocycles. The number of ether oxygens (including phenoxy) is 1. The minimum atomic E-state index is -0.618. The van der Waals surface area contributed by atoms with Gasteiger partial charge in [0.25, 0.3) is 0 Å². The standard InChI is InChI=1S/C17H13NO5/c1-9-3-4-13(19)12(5-9)15(20)11-6-10-7-14(17(21)22-2)23-16(10)18-8-11/h3-8,19H,1-2H3. The van der Waals surface area contributed by atoms with Gasteiger partial charge in [0.05, 0.1) is 12.7 Å². The Balaban J connectivity index is 2.04. The number of hydrogen-bond acceptors (Lipinski definition) is 6. The monoisotopic (exact) mass is 311 g/mol. The second-order valence-corrected chi connectivity index (χ2v) is 5.07. The first-order valence-corrected chi connectivity index (χ1v) is 6.82. The minimum Gasteiger partial charge on any atom is -0.507 e. The third-order valence-corrected chi connectivity index (χ3v) is 3.42. The Morgan fingerprint density at radius 1 is 1.22 bits per heavy atom. The predicted octanol–water partition coefficient (Wildman–Crippen LogP) is 2.86. The smallest absolute Gasteiger partial charge is 0.374 e. The number of pyridine rings is 1. The van der Waals surface area contributed by atoms with Crippen LogP contribution < -0.4 is 0 Å². The summed E-state index contributed by atoms with van der Waals surface area (Å²) in [7, 11) is 1.25. The molecule has 3 rings (SSSR count). The zero-order valence-corrected chi connectivity index (χ0v) is 12.5. The van der Waals surface area contributed by atoms with Crippen LogP contribution in [-0.4, -0.2) is 29.0 Å². The number of furan rings is 1. The third kappa shape index (κ3) is 2.66. The molecule has 0 aliphatic carbocycles. The third-order valence-electron chi connectivity index (χ3n) is 3.42. The minimum absolute atomic E-state index is 0.0120. The number of rotatable bonds is 3. The van der Waals surface area contributed by atoms with E-state index in [2.05, 4.69) is 9.72 Å². The molecular weight excluding hydrogens is 298 g/mol. The summed E-state index contributed by atoms with van der Waals surface area (Å²) in [6.07, 6.45) is 1.34. The summed E-state index contributed by atoms with van der Waals surface area (Å²) < 4.78 is 9.84. The Morgan fingerprint density at radius 2 is 2.00 bits per heavy atom. The second kappa shape index (κ2) is 5.57. The Morgan fingerprint density at radius 3 is 2.74 bits per heavy atom. The van der Waals surface area contributed by atoms with E-state index in [0.29, 0.717) is 5.39 Å². The molecule has 0 bridgehead atoms. The Bertz CT molecular complexity index is 926. The molecule has 1 aromatic carbocycles. The van der Waals surface area contributed by atoms with E-state index in [1.165, 1.54) is 25.4 Å². The van der Waals surface area contributed by atoms with Crippen LogP contribution in [0.4, 0.5) is 0 Å². The van der Waals surface area contributed by atoms with Crippen molar-refractivity contribution in [1.29, 1.82) is 0 Å². The van der Waals surface area contributed by atoms with Gasteiger partial charge in [0.2, 0.25) is 11.5 Å². The maximum absolute atomic E-state index is 12.5. The molecular formula is C17H13NO5. The Hall–Kier alpha value is -3.15. The normalized spacial score (nSPS) is 10.7. The van der Waals surface area contributed by atoms with Crippen molar-refractivity contribution in [1.82, 2.24) is 4.98 Å². The largest absolute Gasteiger partial charge is 0.507 e. The summed E-state index contributed by atoms with van der Waals surface area (Å²) in [5.41, 5.74) is 1.57.